The molecule has 1 saturated carbocycles. The zero-order valence-corrected chi connectivity index (χ0v) is 16.2. The molecule has 0 heterocycles. The third-order valence-corrected chi connectivity index (χ3v) is 4.80. The van der Waals surface area contributed by atoms with Crippen LogP contribution in [0.15, 0.2) is 37.0 Å². The van der Waals surface area contributed by atoms with Gasteiger partial charge in [-0.2, -0.15) is 0 Å². The maximum absolute atomic E-state index is 9.65. The van der Waals surface area contributed by atoms with E-state index in [1.165, 1.54) is 12.0 Å². The summed E-state index contributed by atoms with van der Waals surface area (Å²) in [6, 6.07) is 0. The highest BCUT2D eigenvalue weighted by Gasteiger charge is 2.45. The molecule has 23 heavy (non-hydrogen) atoms. The fourth-order valence-electron chi connectivity index (χ4n) is 2.39. The van der Waals surface area contributed by atoms with Gasteiger partial charge in [0, 0.05) is 0 Å². The summed E-state index contributed by atoms with van der Waals surface area (Å²) in [5.41, 5.74) is 0.479. The van der Waals surface area contributed by atoms with Crippen LogP contribution in [0.4, 0.5) is 0 Å². The predicted molar refractivity (Wildman–Crippen MR) is 101 cm³/mol. The van der Waals surface area contributed by atoms with E-state index < -0.39 is 11.2 Å². The molecular weight excluding hydrogens is 284 g/mol. The molecule has 134 valence electrons. The number of hydrogen-bond donors (Lipinski definition) is 2. The molecule has 0 aliphatic heterocycles. The minimum Gasteiger partial charge on any atom is -0.386 e. The molecule has 3 atom stereocenters. The first-order valence-electron chi connectivity index (χ1n) is 8.70. The minimum atomic E-state index is -0.702. The molecule has 1 fully saturated rings. The van der Waals surface area contributed by atoms with Gasteiger partial charge in [-0.15, -0.1) is 13.2 Å². The van der Waals surface area contributed by atoms with Crippen molar-refractivity contribution in [1.82, 2.24) is 0 Å². The van der Waals surface area contributed by atoms with Crippen LogP contribution in [0.5, 0.6) is 0 Å². The van der Waals surface area contributed by atoms with Crippen molar-refractivity contribution in [3.05, 3.63) is 37.0 Å². The van der Waals surface area contributed by atoms with Crippen molar-refractivity contribution in [2.45, 2.75) is 84.8 Å². The summed E-state index contributed by atoms with van der Waals surface area (Å²) in [7, 11) is 0. The van der Waals surface area contributed by atoms with Crippen molar-refractivity contribution < 1.29 is 10.2 Å². The Morgan fingerprint density at radius 2 is 1.52 bits per heavy atom. The second kappa shape index (κ2) is 8.84. The lowest BCUT2D eigenvalue weighted by Gasteiger charge is -2.18. The van der Waals surface area contributed by atoms with Crippen molar-refractivity contribution >= 4 is 0 Å². The smallest absolute Gasteiger partial charge is 0.0800 e. The summed E-state index contributed by atoms with van der Waals surface area (Å²) in [6.07, 6.45) is 10.3. The molecule has 1 rings (SSSR count). The standard InChI is InChI=1S/C11H20O.C10H18O/c1-5-11(4,12)7-6-9-8-10(9,2)3;1-5-10(4,11)8-6-7-9(2)3/h5,9,12H,1,6-8H2,2-4H3;5,7,11H,1,6,8H2,2-4H3. The van der Waals surface area contributed by atoms with Crippen LogP contribution in [0.1, 0.15) is 73.6 Å². The van der Waals surface area contributed by atoms with Crippen molar-refractivity contribution in [1.29, 1.82) is 0 Å². The summed E-state index contributed by atoms with van der Waals surface area (Å²) in [6.45, 7) is 19.5. The quantitative estimate of drug-likeness (QED) is 0.586. The maximum Gasteiger partial charge on any atom is 0.0800 e. The summed E-state index contributed by atoms with van der Waals surface area (Å²) in [5, 5.41) is 19.1. The summed E-state index contributed by atoms with van der Waals surface area (Å²) < 4.78 is 0. The van der Waals surface area contributed by atoms with Crippen LogP contribution in [0.3, 0.4) is 0 Å². The second-order valence-electron chi connectivity index (χ2n) is 8.37. The minimum absolute atomic E-state index is 0.539. The van der Waals surface area contributed by atoms with Gasteiger partial charge in [-0.3, -0.25) is 0 Å². The first kappa shape index (κ1) is 22.1. The Labute approximate surface area is 144 Å². The molecule has 1 aliphatic carbocycles. The molecule has 2 N–H and O–H groups in total. The van der Waals surface area contributed by atoms with Crippen LogP contribution in [0, 0.1) is 11.3 Å². The van der Waals surface area contributed by atoms with E-state index in [4.69, 9.17) is 0 Å². The van der Waals surface area contributed by atoms with E-state index in [9.17, 15) is 10.2 Å². The molecule has 0 radical (unpaired) electrons. The summed E-state index contributed by atoms with van der Waals surface area (Å²) in [5.74, 6) is 0.823. The average Bonchev–Trinajstić information content (AvgIpc) is 3.04. The van der Waals surface area contributed by atoms with Gasteiger partial charge >= 0.3 is 0 Å². The van der Waals surface area contributed by atoms with Gasteiger partial charge in [0.2, 0.25) is 0 Å². The van der Waals surface area contributed by atoms with Gasteiger partial charge in [-0.25, -0.2) is 0 Å². The number of aliphatic hydroxyl groups is 2. The van der Waals surface area contributed by atoms with Gasteiger partial charge in [0.1, 0.15) is 0 Å². The van der Waals surface area contributed by atoms with Crippen molar-refractivity contribution in [3.63, 3.8) is 0 Å². The SMILES string of the molecule is C=CC(C)(O)CCC1CC1(C)C.C=CC(C)(O)CCC=C(C)C. The Kier molecular flexibility index (Phi) is 8.51. The fourth-order valence-corrected chi connectivity index (χ4v) is 2.39. The predicted octanol–water partition coefficient (Wildman–Crippen LogP) is 5.42. The highest BCUT2D eigenvalue weighted by Crippen LogP contribution is 2.54. The molecule has 2 nitrogen and oxygen atoms in total. The van der Waals surface area contributed by atoms with E-state index in [1.807, 2.05) is 6.92 Å². The molecule has 0 saturated heterocycles. The molecule has 2 heteroatoms. The van der Waals surface area contributed by atoms with Crippen molar-refractivity contribution in [2.24, 2.45) is 11.3 Å². The Balaban J connectivity index is 0.000000423. The lowest BCUT2D eigenvalue weighted by Crippen LogP contribution is -2.20. The van der Waals surface area contributed by atoms with E-state index in [0.717, 1.165) is 31.6 Å². The van der Waals surface area contributed by atoms with Crippen molar-refractivity contribution in [2.75, 3.05) is 0 Å². The first-order chi connectivity index (χ1) is 10.4. The lowest BCUT2D eigenvalue weighted by atomic mass is 9.96. The van der Waals surface area contributed by atoms with E-state index in [-0.39, 0.29) is 0 Å². The molecular formula is C21H38O2. The molecule has 0 aromatic rings. The largest absolute Gasteiger partial charge is 0.386 e. The summed E-state index contributed by atoms with van der Waals surface area (Å²) >= 11 is 0. The van der Waals surface area contributed by atoms with Crippen LogP contribution < -0.4 is 0 Å². The van der Waals surface area contributed by atoms with Crippen molar-refractivity contribution in [3.8, 4) is 0 Å². The van der Waals surface area contributed by atoms with E-state index in [2.05, 4.69) is 46.9 Å². The molecule has 0 amide bonds. The van der Waals surface area contributed by atoms with Crippen LogP contribution >= 0.6 is 0 Å². The fraction of sp³-hybridized carbons (Fsp3) is 0.714. The van der Waals surface area contributed by atoms with Gasteiger partial charge in [-0.1, -0.05) is 37.6 Å². The third-order valence-electron chi connectivity index (χ3n) is 4.80. The zero-order chi connectivity index (χ0) is 18.3. The number of allylic oxidation sites excluding steroid dienone is 2. The normalized spacial score (nSPS) is 23.4. The Hall–Kier alpha value is -0.860. The molecule has 0 aromatic heterocycles. The Morgan fingerprint density at radius 3 is 1.87 bits per heavy atom. The lowest BCUT2D eigenvalue weighted by molar-refractivity contribution is 0.0967. The van der Waals surface area contributed by atoms with Gasteiger partial charge in [-0.05, 0) is 71.1 Å². The topological polar surface area (TPSA) is 40.5 Å². The zero-order valence-electron chi connectivity index (χ0n) is 16.2. The second-order valence-corrected chi connectivity index (χ2v) is 8.37. The van der Waals surface area contributed by atoms with Gasteiger partial charge in [0.15, 0.2) is 0 Å². The third kappa shape index (κ3) is 10.5. The molecule has 0 aromatic carbocycles. The highest BCUT2D eigenvalue weighted by molar-refractivity contribution is 4.99. The average molecular weight is 323 g/mol. The van der Waals surface area contributed by atoms with Crippen LogP contribution in [-0.4, -0.2) is 21.4 Å². The monoisotopic (exact) mass is 322 g/mol. The first-order valence-corrected chi connectivity index (χ1v) is 8.70. The molecule has 0 bridgehead atoms. The van der Waals surface area contributed by atoms with E-state index in [0.29, 0.717) is 5.41 Å². The molecule has 0 spiro atoms. The maximum atomic E-state index is 9.65. The Morgan fingerprint density at radius 1 is 1.09 bits per heavy atom. The van der Waals surface area contributed by atoms with E-state index in [1.54, 1.807) is 19.1 Å². The van der Waals surface area contributed by atoms with Crippen LogP contribution in [0.25, 0.3) is 0 Å². The number of hydrogen-bond acceptors (Lipinski definition) is 2. The van der Waals surface area contributed by atoms with Gasteiger partial charge in [0.05, 0.1) is 11.2 Å². The Bertz CT molecular complexity index is 410. The van der Waals surface area contributed by atoms with Gasteiger partial charge < -0.3 is 10.2 Å². The molecule has 3 unspecified atom stereocenters. The summed E-state index contributed by atoms with van der Waals surface area (Å²) in [4.78, 5) is 0. The van der Waals surface area contributed by atoms with Crippen LogP contribution in [-0.2, 0) is 0 Å². The molecule has 1 aliphatic rings. The van der Waals surface area contributed by atoms with E-state index >= 15 is 0 Å². The van der Waals surface area contributed by atoms with Gasteiger partial charge in [0.25, 0.3) is 0 Å². The highest BCUT2D eigenvalue weighted by atomic mass is 16.3. The van der Waals surface area contributed by atoms with Crippen LogP contribution in [0.2, 0.25) is 0 Å². The number of rotatable bonds is 8.